The van der Waals surface area contributed by atoms with E-state index in [4.69, 9.17) is 0 Å². The summed E-state index contributed by atoms with van der Waals surface area (Å²) in [5.41, 5.74) is 0.686. The van der Waals surface area contributed by atoms with Gasteiger partial charge in [0.05, 0.1) is 11.4 Å². The standard InChI is InChI=1S/C15H20FN3O2S/c1-10-6-7-11(8-12(10)16)18-22(20,21)13-9-19(5)17-14(13)15(2,3)4/h6-9,18H,1-5H3. The van der Waals surface area contributed by atoms with Gasteiger partial charge in [-0.15, -0.1) is 0 Å². The van der Waals surface area contributed by atoms with Crippen LogP contribution in [0.4, 0.5) is 10.1 Å². The molecule has 0 unspecified atom stereocenters. The Bertz CT molecular complexity index is 805. The summed E-state index contributed by atoms with van der Waals surface area (Å²) < 4.78 is 42.6. The molecule has 2 aromatic rings. The van der Waals surface area contributed by atoms with E-state index in [0.717, 1.165) is 0 Å². The maximum Gasteiger partial charge on any atom is 0.265 e. The van der Waals surface area contributed by atoms with Crippen molar-refractivity contribution in [1.82, 2.24) is 9.78 Å². The molecule has 7 heteroatoms. The van der Waals surface area contributed by atoms with Crippen LogP contribution in [-0.2, 0) is 22.5 Å². The average molecular weight is 325 g/mol. The first-order valence-electron chi connectivity index (χ1n) is 6.84. The molecule has 0 atom stereocenters. The lowest BCUT2D eigenvalue weighted by Crippen LogP contribution is -2.20. The van der Waals surface area contributed by atoms with Crippen LogP contribution in [0, 0.1) is 12.7 Å². The van der Waals surface area contributed by atoms with E-state index < -0.39 is 21.3 Å². The topological polar surface area (TPSA) is 64.0 Å². The van der Waals surface area contributed by atoms with Gasteiger partial charge in [0.25, 0.3) is 10.0 Å². The second-order valence-corrected chi connectivity index (χ2v) is 7.99. The van der Waals surface area contributed by atoms with Gasteiger partial charge in [0.1, 0.15) is 10.7 Å². The molecular formula is C15H20FN3O2S. The number of aromatic nitrogens is 2. The Hall–Kier alpha value is -1.89. The summed E-state index contributed by atoms with van der Waals surface area (Å²) in [4.78, 5) is 0.100. The molecule has 1 aromatic heterocycles. The van der Waals surface area contributed by atoms with E-state index in [9.17, 15) is 12.8 Å². The van der Waals surface area contributed by atoms with Crippen LogP contribution in [0.2, 0.25) is 0 Å². The minimum absolute atomic E-state index is 0.100. The number of nitrogens with one attached hydrogen (secondary N) is 1. The van der Waals surface area contributed by atoms with Crippen LogP contribution in [0.5, 0.6) is 0 Å². The molecule has 22 heavy (non-hydrogen) atoms. The molecule has 0 aliphatic rings. The van der Waals surface area contributed by atoms with Gasteiger partial charge < -0.3 is 0 Å². The largest absolute Gasteiger partial charge is 0.279 e. The average Bonchev–Trinajstić information content (AvgIpc) is 2.76. The maximum atomic E-state index is 13.6. The molecule has 0 saturated carbocycles. The molecule has 1 aromatic carbocycles. The van der Waals surface area contributed by atoms with Crippen molar-refractivity contribution in [2.24, 2.45) is 7.05 Å². The summed E-state index contributed by atoms with van der Waals surface area (Å²) in [6, 6.07) is 4.23. The van der Waals surface area contributed by atoms with E-state index >= 15 is 0 Å². The molecule has 0 bridgehead atoms. The highest BCUT2D eigenvalue weighted by Crippen LogP contribution is 2.28. The van der Waals surface area contributed by atoms with Crippen molar-refractivity contribution in [2.45, 2.75) is 38.0 Å². The van der Waals surface area contributed by atoms with Gasteiger partial charge in [-0.25, -0.2) is 12.8 Å². The lowest BCUT2D eigenvalue weighted by atomic mass is 9.92. The predicted molar refractivity (Wildman–Crippen MR) is 83.9 cm³/mol. The lowest BCUT2D eigenvalue weighted by molar-refractivity contribution is 0.539. The van der Waals surface area contributed by atoms with E-state index in [1.807, 2.05) is 20.8 Å². The first-order valence-corrected chi connectivity index (χ1v) is 8.32. The Morgan fingerprint density at radius 3 is 2.45 bits per heavy atom. The fourth-order valence-corrected chi connectivity index (χ4v) is 3.49. The van der Waals surface area contributed by atoms with Crippen LogP contribution < -0.4 is 4.72 Å². The zero-order valence-electron chi connectivity index (χ0n) is 13.3. The molecular weight excluding hydrogens is 305 g/mol. The molecule has 0 spiro atoms. The Labute approximate surface area is 130 Å². The third-order valence-electron chi connectivity index (χ3n) is 3.22. The van der Waals surface area contributed by atoms with Crippen molar-refractivity contribution in [2.75, 3.05) is 4.72 Å². The van der Waals surface area contributed by atoms with Crippen molar-refractivity contribution in [3.63, 3.8) is 0 Å². The number of halogens is 1. The van der Waals surface area contributed by atoms with Crippen LogP contribution >= 0.6 is 0 Å². The first kappa shape index (κ1) is 16.5. The summed E-state index contributed by atoms with van der Waals surface area (Å²) in [6.45, 7) is 7.28. The van der Waals surface area contributed by atoms with E-state index in [-0.39, 0.29) is 10.6 Å². The number of nitrogens with zero attached hydrogens (tertiary/aromatic N) is 2. The van der Waals surface area contributed by atoms with Crippen molar-refractivity contribution < 1.29 is 12.8 Å². The summed E-state index contributed by atoms with van der Waals surface area (Å²) in [5.74, 6) is -0.456. The normalized spacial score (nSPS) is 12.5. The number of rotatable bonds is 3. The molecule has 1 heterocycles. The molecule has 0 saturated heterocycles. The summed E-state index contributed by atoms with van der Waals surface area (Å²) >= 11 is 0. The number of hydrogen-bond acceptors (Lipinski definition) is 3. The van der Waals surface area contributed by atoms with E-state index in [1.54, 1.807) is 14.0 Å². The van der Waals surface area contributed by atoms with Crippen LogP contribution in [0.3, 0.4) is 0 Å². The number of hydrogen-bond donors (Lipinski definition) is 1. The van der Waals surface area contributed by atoms with Crippen LogP contribution in [0.1, 0.15) is 32.0 Å². The number of sulfonamides is 1. The summed E-state index contributed by atoms with van der Waals surface area (Å²) in [5, 5.41) is 4.24. The molecule has 0 radical (unpaired) electrons. The molecule has 0 aliphatic heterocycles. The Balaban J connectivity index is 2.45. The zero-order chi connectivity index (χ0) is 16.7. The van der Waals surface area contributed by atoms with Crippen LogP contribution in [0.15, 0.2) is 29.3 Å². The monoisotopic (exact) mass is 325 g/mol. The number of anilines is 1. The Kier molecular flexibility index (Phi) is 4.04. The fraction of sp³-hybridized carbons (Fsp3) is 0.400. The highest BCUT2D eigenvalue weighted by molar-refractivity contribution is 7.92. The number of benzene rings is 1. The summed E-state index contributed by atoms with van der Waals surface area (Å²) in [6.07, 6.45) is 1.45. The van der Waals surface area contributed by atoms with Crippen molar-refractivity contribution in [3.05, 3.63) is 41.5 Å². The van der Waals surface area contributed by atoms with Gasteiger partial charge in [-0.2, -0.15) is 5.10 Å². The maximum absolute atomic E-state index is 13.6. The van der Waals surface area contributed by atoms with Crippen LogP contribution in [0.25, 0.3) is 0 Å². The minimum atomic E-state index is -3.84. The molecule has 5 nitrogen and oxygen atoms in total. The van der Waals surface area contributed by atoms with Gasteiger partial charge in [-0.05, 0) is 24.6 Å². The molecule has 0 fully saturated rings. The molecule has 0 aliphatic carbocycles. The van der Waals surface area contributed by atoms with Crippen molar-refractivity contribution >= 4 is 15.7 Å². The van der Waals surface area contributed by atoms with E-state index in [0.29, 0.717) is 11.3 Å². The third-order valence-corrected chi connectivity index (χ3v) is 4.60. The Morgan fingerprint density at radius 1 is 1.27 bits per heavy atom. The summed E-state index contributed by atoms with van der Waals surface area (Å²) in [7, 11) is -2.17. The lowest BCUT2D eigenvalue weighted by Gasteiger charge is -2.17. The second kappa shape index (κ2) is 5.39. The Morgan fingerprint density at radius 2 is 1.91 bits per heavy atom. The van der Waals surface area contributed by atoms with Gasteiger partial charge >= 0.3 is 0 Å². The van der Waals surface area contributed by atoms with Gasteiger partial charge in [0.15, 0.2) is 0 Å². The SMILES string of the molecule is Cc1ccc(NS(=O)(=O)c2cn(C)nc2C(C)(C)C)cc1F. The van der Waals surface area contributed by atoms with Gasteiger partial charge in [0.2, 0.25) is 0 Å². The van der Waals surface area contributed by atoms with Crippen LogP contribution in [-0.4, -0.2) is 18.2 Å². The first-order chi connectivity index (χ1) is 10.0. The predicted octanol–water partition coefficient (Wildman–Crippen LogP) is 2.97. The minimum Gasteiger partial charge on any atom is -0.279 e. The van der Waals surface area contributed by atoms with Crippen molar-refractivity contribution in [3.8, 4) is 0 Å². The van der Waals surface area contributed by atoms with Gasteiger partial charge in [0, 0.05) is 18.7 Å². The smallest absolute Gasteiger partial charge is 0.265 e. The molecule has 1 N–H and O–H groups in total. The molecule has 0 amide bonds. The molecule has 2 rings (SSSR count). The third kappa shape index (κ3) is 3.30. The van der Waals surface area contributed by atoms with Gasteiger partial charge in [-0.3, -0.25) is 9.40 Å². The quantitative estimate of drug-likeness (QED) is 0.943. The highest BCUT2D eigenvalue weighted by atomic mass is 32.2. The second-order valence-electron chi connectivity index (χ2n) is 6.34. The molecule has 120 valence electrons. The van der Waals surface area contributed by atoms with E-state index in [2.05, 4.69) is 9.82 Å². The van der Waals surface area contributed by atoms with Crippen molar-refractivity contribution in [1.29, 1.82) is 0 Å². The van der Waals surface area contributed by atoms with E-state index in [1.165, 1.54) is 29.1 Å². The zero-order valence-corrected chi connectivity index (χ0v) is 14.1. The number of aryl methyl sites for hydroxylation is 2. The fourth-order valence-electron chi connectivity index (χ4n) is 2.05. The highest BCUT2D eigenvalue weighted by Gasteiger charge is 2.29. The van der Waals surface area contributed by atoms with Gasteiger partial charge in [-0.1, -0.05) is 26.8 Å².